The average Bonchev–Trinajstić information content (AvgIpc) is 3.65. The molecule has 46 heavy (non-hydrogen) atoms. The van der Waals surface area contributed by atoms with E-state index in [1.807, 2.05) is 22.7 Å². The number of hydrogen-bond acceptors (Lipinski definition) is 4. The first kappa shape index (κ1) is 39.6. The van der Waals surface area contributed by atoms with Crippen LogP contribution in [0.2, 0.25) is 39.3 Å². The molecule has 0 amide bonds. The van der Waals surface area contributed by atoms with Crippen molar-refractivity contribution in [2.45, 2.75) is 182 Å². The number of fused-ring (bicyclic) bond motifs is 2. The Morgan fingerprint density at radius 1 is 0.435 bits per heavy atom. The number of hydrogen-bond donors (Lipinski definition) is 0. The van der Waals surface area contributed by atoms with Gasteiger partial charge in [-0.1, -0.05) is 169 Å². The maximum Gasteiger partial charge on any atom is 0.146 e. The number of thiophene rings is 2. The van der Waals surface area contributed by atoms with Crippen molar-refractivity contribution in [3.63, 3.8) is 0 Å². The highest BCUT2D eigenvalue weighted by atomic mass is 32.1. The van der Waals surface area contributed by atoms with Gasteiger partial charge in [-0.3, -0.25) is 0 Å². The Labute approximate surface area is 294 Å². The molecule has 6 heteroatoms. The molecule has 2 aromatic heterocycles. The molecule has 0 saturated carbocycles. The fraction of sp³-hybridized carbons (Fsp3) is 0.750. The summed E-state index contributed by atoms with van der Waals surface area (Å²) >= 11 is 3.98. The highest BCUT2D eigenvalue weighted by Crippen LogP contribution is 2.47. The van der Waals surface area contributed by atoms with Gasteiger partial charge in [0.05, 0.1) is 38.8 Å². The number of unbranched alkanes of at least 4 members (excludes halogenated alkanes) is 18. The van der Waals surface area contributed by atoms with E-state index in [0.29, 0.717) is 0 Å². The maximum absolute atomic E-state index is 6.82. The van der Waals surface area contributed by atoms with Crippen LogP contribution in [0.5, 0.6) is 11.5 Å². The normalized spacial score (nSPS) is 12.5. The second kappa shape index (κ2) is 20.6. The lowest BCUT2D eigenvalue weighted by Crippen LogP contribution is -2.34. The van der Waals surface area contributed by atoms with E-state index in [2.05, 4.69) is 65.3 Å². The summed E-state index contributed by atoms with van der Waals surface area (Å²) in [7, 11) is -2.95. The van der Waals surface area contributed by atoms with Crippen LogP contribution in [-0.2, 0) is 0 Å². The minimum absolute atomic E-state index is 0.817. The molecule has 0 spiro atoms. The predicted octanol–water partition coefficient (Wildman–Crippen LogP) is 13.8. The van der Waals surface area contributed by atoms with Gasteiger partial charge in [0, 0.05) is 10.8 Å². The van der Waals surface area contributed by atoms with Gasteiger partial charge in [-0.15, -0.1) is 22.7 Å². The van der Waals surface area contributed by atoms with Gasteiger partial charge in [-0.05, 0) is 34.0 Å². The van der Waals surface area contributed by atoms with Crippen molar-refractivity contribution in [2.24, 2.45) is 0 Å². The van der Waals surface area contributed by atoms with E-state index in [9.17, 15) is 0 Å². The zero-order valence-electron chi connectivity index (χ0n) is 31.3. The third-order valence-corrected chi connectivity index (χ3v) is 18.8. The van der Waals surface area contributed by atoms with Crippen molar-refractivity contribution in [1.29, 1.82) is 0 Å². The largest absolute Gasteiger partial charge is 0.491 e. The van der Waals surface area contributed by atoms with Crippen molar-refractivity contribution < 1.29 is 9.47 Å². The third-order valence-electron chi connectivity index (χ3n) is 9.33. The van der Waals surface area contributed by atoms with E-state index >= 15 is 0 Å². The minimum Gasteiger partial charge on any atom is -0.491 e. The SMILES string of the molecule is CCCCCCCCCCCCOc1c2cc([Si](C)(C)C)sc2c(OCCCCCCCCCCCC)c2cc([Si](C)(C)C)sc12. The zero-order valence-corrected chi connectivity index (χ0v) is 35.0. The van der Waals surface area contributed by atoms with Gasteiger partial charge in [0.25, 0.3) is 0 Å². The van der Waals surface area contributed by atoms with Crippen molar-refractivity contribution >= 4 is 68.0 Å². The first-order chi connectivity index (χ1) is 22.1. The summed E-state index contributed by atoms with van der Waals surface area (Å²) < 4.78 is 19.4. The van der Waals surface area contributed by atoms with Gasteiger partial charge in [0.1, 0.15) is 11.5 Å². The lowest BCUT2D eigenvalue weighted by atomic mass is 10.1. The fourth-order valence-corrected chi connectivity index (χ4v) is 12.3. The molecule has 3 aromatic rings. The summed E-state index contributed by atoms with van der Waals surface area (Å²) in [6.45, 7) is 21.1. The van der Waals surface area contributed by atoms with Crippen LogP contribution in [0, 0.1) is 0 Å². The Balaban J connectivity index is 1.70. The molecule has 0 aliphatic carbocycles. The summed E-state index contributed by atoms with van der Waals surface area (Å²) in [5.41, 5.74) is 0. The number of benzene rings is 1. The summed E-state index contributed by atoms with van der Waals surface area (Å²) in [5, 5.41) is 2.62. The third kappa shape index (κ3) is 12.9. The first-order valence-corrected chi connectivity index (χ1v) is 28.0. The van der Waals surface area contributed by atoms with Crippen LogP contribution in [-0.4, -0.2) is 29.4 Å². The summed E-state index contributed by atoms with van der Waals surface area (Å²) in [6, 6.07) is 4.97. The number of ether oxygens (including phenoxy) is 2. The summed E-state index contributed by atoms with van der Waals surface area (Å²) in [6.07, 6.45) is 27.0. The van der Waals surface area contributed by atoms with Crippen LogP contribution in [0.3, 0.4) is 0 Å². The van der Waals surface area contributed by atoms with E-state index < -0.39 is 16.1 Å². The average molecular weight is 703 g/mol. The highest BCUT2D eigenvalue weighted by Gasteiger charge is 2.28. The molecule has 2 heterocycles. The van der Waals surface area contributed by atoms with Crippen molar-refractivity contribution in [3.8, 4) is 11.5 Å². The van der Waals surface area contributed by atoms with E-state index in [0.717, 1.165) is 37.6 Å². The van der Waals surface area contributed by atoms with Gasteiger partial charge < -0.3 is 9.47 Å². The molecule has 0 bridgehead atoms. The predicted molar refractivity (Wildman–Crippen MR) is 218 cm³/mol. The Morgan fingerprint density at radius 2 is 0.717 bits per heavy atom. The van der Waals surface area contributed by atoms with Crippen LogP contribution in [0.4, 0.5) is 0 Å². The molecule has 262 valence electrons. The smallest absolute Gasteiger partial charge is 0.146 e. The second-order valence-electron chi connectivity index (χ2n) is 15.9. The molecule has 0 fully saturated rings. The van der Waals surface area contributed by atoms with Gasteiger partial charge in [0.15, 0.2) is 0 Å². The lowest BCUT2D eigenvalue weighted by Gasteiger charge is -2.14. The quantitative estimate of drug-likeness (QED) is 0.0612. The molecule has 0 unspecified atom stereocenters. The standard InChI is InChI=1S/C40H70O2S2Si2/c1-9-11-13-15-17-19-21-23-25-27-29-41-37-33-31-35(45(3,4)5)44-40(33)38(34-32-36(43-39(34)37)46(6,7)8)42-30-28-26-24-22-20-18-16-14-12-10-2/h31-32H,9-30H2,1-8H3. The fourth-order valence-electron chi connectivity index (χ4n) is 6.25. The molecular formula is C40H70O2S2Si2. The summed E-state index contributed by atoms with van der Waals surface area (Å²) in [4.78, 5) is 0. The Morgan fingerprint density at radius 3 is 1.00 bits per heavy atom. The van der Waals surface area contributed by atoms with Gasteiger partial charge >= 0.3 is 0 Å². The van der Waals surface area contributed by atoms with Crippen LogP contribution < -0.4 is 18.5 Å². The van der Waals surface area contributed by atoms with Gasteiger partial charge in [0.2, 0.25) is 0 Å². The van der Waals surface area contributed by atoms with E-state index in [1.165, 1.54) is 136 Å². The van der Waals surface area contributed by atoms with E-state index in [-0.39, 0.29) is 0 Å². The van der Waals surface area contributed by atoms with Gasteiger partial charge in [-0.25, -0.2) is 0 Å². The Hall–Kier alpha value is -0.826. The molecule has 3 rings (SSSR count). The molecule has 2 nitrogen and oxygen atoms in total. The molecule has 0 aliphatic rings. The van der Waals surface area contributed by atoms with Crippen molar-refractivity contribution in [3.05, 3.63) is 12.1 Å². The Kier molecular flexibility index (Phi) is 17.8. The molecule has 0 radical (unpaired) electrons. The number of rotatable bonds is 26. The molecular weight excluding hydrogens is 633 g/mol. The van der Waals surface area contributed by atoms with E-state index in [1.54, 1.807) is 9.00 Å². The van der Waals surface area contributed by atoms with Crippen molar-refractivity contribution in [2.75, 3.05) is 13.2 Å². The molecule has 0 aliphatic heterocycles. The Bertz CT molecular complexity index is 1110. The van der Waals surface area contributed by atoms with E-state index in [4.69, 9.17) is 9.47 Å². The maximum atomic E-state index is 6.82. The van der Waals surface area contributed by atoms with Crippen LogP contribution in [0.25, 0.3) is 20.2 Å². The first-order valence-electron chi connectivity index (χ1n) is 19.4. The summed E-state index contributed by atoms with van der Waals surface area (Å²) in [5.74, 6) is 2.28. The molecule has 0 saturated heterocycles. The molecule has 1 aromatic carbocycles. The highest BCUT2D eigenvalue weighted by molar-refractivity contribution is 7.33. The van der Waals surface area contributed by atoms with Gasteiger partial charge in [-0.2, -0.15) is 0 Å². The van der Waals surface area contributed by atoms with Crippen LogP contribution in [0.1, 0.15) is 142 Å². The lowest BCUT2D eigenvalue weighted by molar-refractivity contribution is 0.307. The van der Waals surface area contributed by atoms with Crippen LogP contribution >= 0.6 is 22.7 Å². The van der Waals surface area contributed by atoms with Crippen LogP contribution in [0.15, 0.2) is 12.1 Å². The molecule has 0 N–H and O–H groups in total. The van der Waals surface area contributed by atoms with Crippen molar-refractivity contribution in [1.82, 2.24) is 0 Å². The second-order valence-corrected chi connectivity index (χ2v) is 28.8. The zero-order chi connectivity index (χ0) is 33.4. The molecule has 0 atom stereocenters. The monoisotopic (exact) mass is 702 g/mol. The topological polar surface area (TPSA) is 18.5 Å². The minimum atomic E-state index is -1.48.